The van der Waals surface area contributed by atoms with Gasteiger partial charge in [-0.05, 0) is 35.4 Å². The van der Waals surface area contributed by atoms with Gasteiger partial charge in [0, 0.05) is 0 Å². The number of rotatable bonds is 2. The first-order valence-corrected chi connectivity index (χ1v) is 17.0. The third-order valence-electron chi connectivity index (χ3n) is 8.35. The van der Waals surface area contributed by atoms with Crippen LogP contribution in [0.5, 0.6) is 0 Å². The van der Waals surface area contributed by atoms with Crippen LogP contribution in [0.3, 0.4) is 0 Å². The first kappa shape index (κ1) is 39.9. The molecule has 0 aliphatic heterocycles. The van der Waals surface area contributed by atoms with Gasteiger partial charge in [-0.2, -0.15) is 23.8 Å². The maximum absolute atomic E-state index is 3.69. The molecule has 0 nitrogen and oxygen atoms in total. The first-order valence-electron chi connectivity index (χ1n) is 15.8. The summed E-state index contributed by atoms with van der Waals surface area (Å²) in [5.74, 6) is 0. The average molecular weight is 729 g/mol. The van der Waals surface area contributed by atoms with Crippen molar-refractivity contribution >= 4 is 28.0 Å². The van der Waals surface area contributed by atoms with Crippen molar-refractivity contribution in [2.24, 2.45) is 0 Å². The molecule has 4 aromatic rings. The van der Waals surface area contributed by atoms with Crippen LogP contribution in [0.1, 0.15) is 104 Å². The molecule has 4 aromatic carbocycles. The number of hydrogen-bond acceptors (Lipinski definition) is 0. The van der Waals surface area contributed by atoms with E-state index in [9.17, 15) is 0 Å². The molecule has 2 aliphatic rings. The van der Waals surface area contributed by atoms with E-state index in [0.717, 1.165) is 12.8 Å². The van der Waals surface area contributed by atoms with Gasteiger partial charge in [-0.1, -0.05) is 71.6 Å². The first-order chi connectivity index (χ1) is 20.6. The average Bonchev–Trinajstić information content (AvgIpc) is 3.63. The molecule has 240 valence electrons. The van der Waals surface area contributed by atoms with E-state index in [1.807, 2.05) is 12.2 Å². The van der Waals surface area contributed by atoms with Crippen LogP contribution in [0.15, 0.2) is 85.0 Å². The molecule has 0 heterocycles. The van der Waals surface area contributed by atoms with Crippen LogP contribution in [-0.4, -0.2) is 3.21 Å². The quantitative estimate of drug-likeness (QED) is 0.159. The Labute approximate surface area is 307 Å². The van der Waals surface area contributed by atoms with Crippen LogP contribution in [-0.2, 0) is 41.5 Å². The molecule has 0 aromatic heterocycles. The normalized spacial score (nSPS) is 12.4. The van der Waals surface area contributed by atoms with E-state index < -0.39 is 0 Å². The molecule has 0 spiro atoms. The van der Waals surface area contributed by atoms with Gasteiger partial charge in [-0.25, -0.2) is 12.2 Å². The monoisotopic (exact) mass is 726 g/mol. The fourth-order valence-corrected chi connectivity index (χ4v) is 6.79. The summed E-state index contributed by atoms with van der Waals surface area (Å²) in [5.41, 5.74) is 16.9. The Morgan fingerprint density at radius 2 is 1.17 bits per heavy atom. The largest absolute Gasteiger partial charge is 0.273 e. The van der Waals surface area contributed by atoms with E-state index in [4.69, 9.17) is 0 Å². The van der Waals surface area contributed by atoms with E-state index in [1.54, 1.807) is 0 Å². The number of allylic oxidation sites excluding steroid dienone is 4. The van der Waals surface area contributed by atoms with E-state index in [2.05, 4.69) is 154 Å². The minimum absolute atomic E-state index is 0. The minimum Gasteiger partial charge on any atom is -0.273 e. The molecular weight excluding hydrogens is 679 g/mol. The Morgan fingerprint density at radius 1 is 0.674 bits per heavy atom. The topological polar surface area (TPSA) is 0 Å². The summed E-state index contributed by atoms with van der Waals surface area (Å²) in [4.78, 5) is 0. The molecule has 0 N–H and O–H groups in total. The van der Waals surface area contributed by atoms with Crippen molar-refractivity contribution in [3.05, 3.63) is 153 Å². The maximum atomic E-state index is 3.69. The Morgan fingerprint density at radius 3 is 1.59 bits per heavy atom. The van der Waals surface area contributed by atoms with Gasteiger partial charge in [-0.3, -0.25) is 6.08 Å². The van der Waals surface area contributed by atoms with E-state index in [0.29, 0.717) is 0 Å². The van der Waals surface area contributed by atoms with E-state index in [1.165, 1.54) is 94.2 Å². The second-order valence-corrected chi connectivity index (χ2v) is 15.5. The minimum atomic E-state index is 0. The van der Waals surface area contributed by atoms with Crippen molar-refractivity contribution in [1.82, 2.24) is 0 Å². The smallest absolute Gasteiger partial charge is 0.109 e. The Hall–Kier alpha value is -2.31. The van der Waals surface area contributed by atoms with Gasteiger partial charge in [0.05, 0.1) is 0 Å². The van der Waals surface area contributed by atoms with E-state index >= 15 is 0 Å². The van der Waals surface area contributed by atoms with Crippen molar-refractivity contribution in [3.8, 4) is 11.1 Å². The molecular formula is C43H50Cl2Zr. The summed E-state index contributed by atoms with van der Waals surface area (Å²) in [6.07, 6.45) is 11.0. The van der Waals surface area contributed by atoms with Crippen LogP contribution in [0.25, 0.3) is 11.1 Å². The molecule has 6 rings (SSSR count). The molecule has 0 unspecified atom stereocenters. The SMILES string of the molecule is Cc1[c-]c2c(cc1C(C)(C)C)-c1cc(C(C)(C)C)c(C)cc1C2.Cc1ccc([C](=[Zr+2])c2ccc(C)cc2)cc1.Cl.Cl.[C-]1=CC=CC1. The zero-order chi connectivity index (χ0) is 32.2. The van der Waals surface area contributed by atoms with Gasteiger partial charge < -0.3 is 0 Å². The zero-order valence-electron chi connectivity index (χ0n) is 29.3. The fraction of sp³-hybridized carbons (Fsp3) is 0.326. The number of fused-ring (bicyclic) bond motifs is 3. The molecule has 0 saturated carbocycles. The maximum Gasteiger partial charge on any atom is -0.109 e. The summed E-state index contributed by atoms with van der Waals surface area (Å²) in [6, 6.07) is 28.5. The summed E-state index contributed by atoms with van der Waals surface area (Å²) in [6.45, 7) is 22.5. The van der Waals surface area contributed by atoms with Crippen molar-refractivity contribution in [3.63, 3.8) is 0 Å². The van der Waals surface area contributed by atoms with Gasteiger partial charge in [0.1, 0.15) is 0 Å². The molecule has 0 fully saturated rings. The summed E-state index contributed by atoms with van der Waals surface area (Å²) < 4.78 is 1.42. The Kier molecular flexibility index (Phi) is 14.5. The summed E-state index contributed by atoms with van der Waals surface area (Å²) >= 11 is 1.46. The molecule has 0 bridgehead atoms. The number of halogens is 2. The molecule has 0 saturated heterocycles. The van der Waals surface area contributed by atoms with Crippen LogP contribution in [0, 0.1) is 39.8 Å². The Bertz CT molecular complexity index is 1570. The third kappa shape index (κ3) is 10.1. The second kappa shape index (κ2) is 16.7. The molecule has 46 heavy (non-hydrogen) atoms. The zero-order valence-corrected chi connectivity index (χ0v) is 33.4. The van der Waals surface area contributed by atoms with Crippen LogP contribution < -0.4 is 0 Å². The standard InChI is InChI=1S/C23H29.C15H14.C5H5.2ClH.Zr/c1-14-9-16-11-17-10-15(2)21(23(6,7)8)13-19(17)18(16)12-20(14)22(3,4)5;1-12-3-7-14(8-4-12)11-15-9-5-13(2)6-10-15;1-2-4-5-3-1;;;/h9,12-13H,11H2,1-8H3;3-10H,1-2H3;1-3H,4H2;2*1H;/q-1;;-1;;;+2. The summed E-state index contributed by atoms with van der Waals surface area (Å²) in [7, 11) is 0. The fourth-order valence-electron chi connectivity index (χ4n) is 5.97. The van der Waals surface area contributed by atoms with Crippen molar-refractivity contribution in [2.45, 2.75) is 92.9 Å². The Balaban J connectivity index is 0.000000278. The van der Waals surface area contributed by atoms with Gasteiger partial charge >= 0.3 is 112 Å². The molecule has 0 atom stereocenters. The van der Waals surface area contributed by atoms with Gasteiger partial charge in [-0.15, -0.1) is 47.9 Å². The molecule has 3 heteroatoms. The van der Waals surface area contributed by atoms with Crippen molar-refractivity contribution in [1.29, 1.82) is 0 Å². The van der Waals surface area contributed by atoms with Crippen molar-refractivity contribution < 1.29 is 24.2 Å². The van der Waals surface area contributed by atoms with Crippen molar-refractivity contribution in [2.75, 3.05) is 0 Å². The predicted octanol–water partition coefficient (Wildman–Crippen LogP) is 11.8. The number of hydrogen-bond donors (Lipinski definition) is 0. The second-order valence-electron chi connectivity index (χ2n) is 14.3. The third-order valence-corrected chi connectivity index (χ3v) is 9.77. The van der Waals surface area contributed by atoms with Gasteiger partial charge in [0.15, 0.2) is 0 Å². The van der Waals surface area contributed by atoms with Crippen LogP contribution in [0.2, 0.25) is 0 Å². The van der Waals surface area contributed by atoms with E-state index in [-0.39, 0.29) is 35.6 Å². The molecule has 0 radical (unpaired) electrons. The number of aryl methyl sites for hydroxylation is 4. The van der Waals surface area contributed by atoms with Gasteiger partial charge in [0.2, 0.25) is 0 Å². The molecule has 0 amide bonds. The predicted molar refractivity (Wildman–Crippen MR) is 202 cm³/mol. The van der Waals surface area contributed by atoms with Crippen LogP contribution >= 0.6 is 24.8 Å². The van der Waals surface area contributed by atoms with Gasteiger partial charge in [0.25, 0.3) is 0 Å². The summed E-state index contributed by atoms with van der Waals surface area (Å²) in [5, 5.41) is 0. The number of benzene rings is 4. The molecule has 2 aliphatic carbocycles. The van der Waals surface area contributed by atoms with Crippen LogP contribution in [0.4, 0.5) is 0 Å².